The molecule has 8 nitrogen and oxygen atoms in total. The number of aromatic nitrogens is 1. The van der Waals surface area contributed by atoms with Gasteiger partial charge in [0.05, 0.1) is 22.0 Å². The zero-order chi connectivity index (χ0) is 23.5. The lowest BCUT2D eigenvalue weighted by molar-refractivity contribution is -0.115. The molecule has 0 saturated heterocycles. The summed E-state index contributed by atoms with van der Waals surface area (Å²) < 4.78 is 28.4. The molecule has 0 radical (unpaired) electrons. The van der Waals surface area contributed by atoms with Crippen molar-refractivity contribution < 1.29 is 22.7 Å². The average Bonchev–Trinajstić information content (AvgIpc) is 3.20. The van der Waals surface area contributed by atoms with Crippen LogP contribution in [-0.2, 0) is 32.6 Å². The number of benzene rings is 2. The molecule has 3 rings (SSSR count). The molecule has 0 atom stereocenters. The van der Waals surface area contributed by atoms with Crippen molar-refractivity contribution in [1.82, 2.24) is 4.98 Å². The third-order valence-electron chi connectivity index (χ3n) is 4.47. The Morgan fingerprint density at radius 1 is 1.19 bits per heavy atom. The van der Waals surface area contributed by atoms with Crippen LogP contribution in [0.5, 0.6) is 0 Å². The third kappa shape index (κ3) is 5.52. The van der Waals surface area contributed by atoms with E-state index in [1.807, 2.05) is 31.2 Å². The number of nitrogens with zero attached hydrogens (tertiary/aromatic N) is 2. The van der Waals surface area contributed by atoms with E-state index < -0.39 is 16.0 Å². The zero-order valence-electron chi connectivity index (χ0n) is 17.2. The number of halogens is 1. The molecule has 2 aromatic carbocycles. The molecule has 0 aliphatic heterocycles. The number of thiazole rings is 1. The predicted octanol–water partition coefficient (Wildman–Crippen LogP) is 4.05. The van der Waals surface area contributed by atoms with Crippen molar-refractivity contribution in [3.63, 3.8) is 0 Å². The Morgan fingerprint density at radius 2 is 1.88 bits per heavy atom. The molecule has 2 N–H and O–H groups in total. The topological polar surface area (TPSA) is 120 Å². The molecule has 0 aliphatic carbocycles. The van der Waals surface area contributed by atoms with Gasteiger partial charge in [0.25, 0.3) is 0 Å². The summed E-state index contributed by atoms with van der Waals surface area (Å²) in [4.78, 5) is 30.1. The van der Waals surface area contributed by atoms with Crippen molar-refractivity contribution in [2.24, 2.45) is 5.14 Å². The standard InChI is InChI=1S/C21H20ClN3O5S2/c1-3-14-4-7-17(8-5-14)25(13(2)26)21-24-16(12-31-21)11-30-20(27)15-6-9-18(22)19(10-15)32(23,28)29/h4-10,12H,3,11H2,1-2H3,(H2,23,28,29). The predicted molar refractivity (Wildman–Crippen MR) is 123 cm³/mol. The fourth-order valence-corrected chi connectivity index (χ4v) is 4.79. The normalized spacial score (nSPS) is 11.2. The van der Waals surface area contributed by atoms with Gasteiger partial charge in [-0.2, -0.15) is 0 Å². The quantitative estimate of drug-likeness (QED) is 0.496. The van der Waals surface area contributed by atoms with E-state index in [1.165, 1.54) is 35.3 Å². The summed E-state index contributed by atoms with van der Waals surface area (Å²) in [6.45, 7) is 3.33. The smallest absolute Gasteiger partial charge is 0.338 e. The molecule has 3 aromatic rings. The molecule has 168 valence electrons. The number of hydrogen-bond donors (Lipinski definition) is 1. The van der Waals surface area contributed by atoms with Gasteiger partial charge in [-0.3, -0.25) is 9.69 Å². The molecule has 0 aliphatic rings. The fraction of sp³-hybridized carbons (Fsp3) is 0.190. The number of amides is 1. The Labute approximate surface area is 194 Å². The number of nitrogens with two attached hydrogens (primary N) is 1. The number of carbonyl (C=O) groups is 2. The van der Waals surface area contributed by atoms with Crippen molar-refractivity contribution in [1.29, 1.82) is 0 Å². The number of anilines is 2. The van der Waals surface area contributed by atoms with Gasteiger partial charge in [0.15, 0.2) is 5.13 Å². The maximum Gasteiger partial charge on any atom is 0.338 e. The van der Waals surface area contributed by atoms with Gasteiger partial charge in [0, 0.05) is 12.3 Å². The summed E-state index contributed by atoms with van der Waals surface area (Å²) in [5.74, 6) is -0.969. The summed E-state index contributed by atoms with van der Waals surface area (Å²) in [6, 6.07) is 11.3. The van der Waals surface area contributed by atoms with Gasteiger partial charge in [-0.1, -0.05) is 30.7 Å². The first-order valence-corrected chi connectivity index (χ1v) is 12.2. The highest BCUT2D eigenvalue weighted by Crippen LogP contribution is 2.29. The van der Waals surface area contributed by atoms with E-state index in [2.05, 4.69) is 4.98 Å². The largest absolute Gasteiger partial charge is 0.456 e. The molecule has 1 heterocycles. The molecule has 1 aromatic heterocycles. The Balaban J connectivity index is 1.74. The van der Waals surface area contributed by atoms with E-state index in [9.17, 15) is 18.0 Å². The summed E-state index contributed by atoms with van der Waals surface area (Å²) in [7, 11) is -4.09. The Bertz CT molecular complexity index is 1260. The summed E-state index contributed by atoms with van der Waals surface area (Å²) in [6.07, 6.45) is 0.888. The van der Waals surface area contributed by atoms with E-state index in [0.717, 1.165) is 18.1 Å². The zero-order valence-corrected chi connectivity index (χ0v) is 19.6. The van der Waals surface area contributed by atoms with Crippen LogP contribution >= 0.6 is 22.9 Å². The van der Waals surface area contributed by atoms with Crippen LogP contribution in [0.15, 0.2) is 52.7 Å². The molecule has 0 spiro atoms. The van der Waals surface area contributed by atoms with Gasteiger partial charge in [0.1, 0.15) is 11.5 Å². The Kier molecular flexibility index (Phi) is 7.29. The molecular weight excluding hydrogens is 474 g/mol. The van der Waals surface area contributed by atoms with E-state index >= 15 is 0 Å². The maximum absolute atomic E-state index is 12.3. The fourth-order valence-electron chi connectivity index (χ4n) is 2.84. The minimum Gasteiger partial charge on any atom is -0.456 e. The van der Waals surface area contributed by atoms with E-state index in [4.69, 9.17) is 21.5 Å². The number of primary sulfonamides is 1. The molecule has 0 unspecified atom stereocenters. The number of sulfonamides is 1. The van der Waals surface area contributed by atoms with Gasteiger partial charge in [-0.15, -0.1) is 11.3 Å². The summed E-state index contributed by atoms with van der Waals surface area (Å²) >= 11 is 7.07. The SMILES string of the molecule is CCc1ccc(N(C(C)=O)c2nc(COC(=O)c3ccc(Cl)c(S(N)(=O)=O)c3)cs2)cc1. The van der Waals surface area contributed by atoms with Crippen LogP contribution in [0, 0.1) is 0 Å². The van der Waals surface area contributed by atoms with Crippen molar-refractivity contribution in [3.8, 4) is 0 Å². The highest BCUT2D eigenvalue weighted by molar-refractivity contribution is 7.89. The third-order valence-corrected chi connectivity index (χ3v) is 6.74. The summed E-state index contributed by atoms with van der Waals surface area (Å²) in [5.41, 5.74) is 2.26. The number of aryl methyl sites for hydroxylation is 1. The second-order valence-corrected chi connectivity index (χ2v) is 9.54. The average molecular weight is 494 g/mol. The Hall–Kier alpha value is -2.79. The van der Waals surface area contributed by atoms with Crippen molar-refractivity contribution in [2.75, 3.05) is 4.90 Å². The van der Waals surface area contributed by atoms with Crippen LogP contribution in [0.1, 0.15) is 35.5 Å². The monoisotopic (exact) mass is 493 g/mol. The van der Waals surface area contributed by atoms with Gasteiger partial charge in [-0.05, 0) is 42.3 Å². The minimum atomic E-state index is -4.09. The number of rotatable bonds is 7. The summed E-state index contributed by atoms with van der Waals surface area (Å²) in [5, 5.41) is 7.13. The van der Waals surface area contributed by atoms with Crippen LogP contribution in [0.3, 0.4) is 0 Å². The van der Waals surface area contributed by atoms with Crippen LogP contribution < -0.4 is 10.0 Å². The maximum atomic E-state index is 12.3. The second-order valence-electron chi connectivity index (χ2n) is 6.76. The van der Waals surface area contributed by atoms with Crippen LogP contribution in [0.25, 0.3) is 0 Å². The number of ether oxygens (including phenoxy) is 1. The minimum absolute atomic E-state index is 0.0183. The van der Waals surface area contributed by atoms with Crippen molar-refractivity contribution in [2.45, 2.75) is 31.8 Å². The molecule has 11 heteroatoms. The number of esters is 1. The first-order chi connectivity index (χ1) is 15.1. The van der Waals surface area contributed by atoms with E-state index in [0.29, 0.717) is 16.5 Å². The van der Waals surface area contributed by atoms with E-state index in [-0.39, 0.29) is 28.0 Å². The first-order valence-electron chi connectivity index (χ1n) is 9.43. The molecular formula is C21H20ClN3O5S2. The second kappa shape index (κ2) is 9.78. The van der Waals surface area contributed by atoms with Gasteiger partial charge in [-0.25, -0.2) is 23.3 Å². The van der Waals surface area contributed by atoms with Crippen molar-refractivity contribution >= 4 is 55.7 Å². The van der Waals surface area contributed by atoms with E-state index in [1.54, 1.807) is 5.38 Å². The van der Waals surface area contributed by atoms with Gasteiger partial charge < -0.3 is 4.74 Å². The first kappa shape index (κ1) is 23.9. The number of hydrogen-bond acceptors (Lipinski definition) is 7. The highest BCUT2D eigenvalue weighted by atomic mass is 35.5. The molecule has 0 fully saturated rings. The lowest BCUT2D eigenvalue weighted by atomic mass is 10.1. The highest BCUT2D eigenvalue weighted by Gasteiger charge is 2.20. The van der Waals surface area contributed by atoms with Gasteiger partial charge >= 0.3 is 5.97 Å². The molecule has 0 bridgehead atoms. The van der Waals surface area contributed by atoms with Gasteiger partial charge in [0.2, 0.25) is 15.9 Å². The number of carbonyl (C=O) groups excluding carboxylic acids is 2. The Morgan fingerprint density at radius 3 is 2.47 bits per heavy atom. The van der Waals surface area contributed by atoms with Crippen LogP contribution in [0.4, 0.5) is 10.8 Å². The lowest BCUT2D eigenvalue weighted by Crippen LogP contribution is -2.22. The lowest BCUT2D eigenvalue weighted by Gasteiger charge is -2.18. The van der Waals surface area contributed by atoms with Crippen LogP contribution in [-0.4, -0.2) is 25.3 Å². The van der Waals surface area contributed by atoms with Crippen LogP contribution in [0.2, 0.25) is 5.02 Å². The molecule has 1 amide bonds. The van der Waals surface area contributed by atoms with Crippen molar-refractivity contribution in [3.05, 3.63) is 69.7 Å². The molecule has 0 saturated carbocycles. The molecule has 32 heavy (non-hydrogen) atoms.